The Labute approximate surface area is 210 Å². The van der Waals surface area contributed by atoms with E-state index in [2.05, 4.69) is 22.8 Å². The number of para-hydroxylation sites is 1. The van der Waals surface area contributed by atoms with Gasteiger partial charge in [0.1, 0.15) is 12.4 Å². The number of hydrogen-bond donors (Lipinski definition) is 0. The number of amides is 2. The van der Waals surface area contributed by atoms with Crippen LogP contribution in [0.2, 0.25) is 0 Å². The SMILES string of the molecule is CCN1CCN(CC(=O)N2CCOC3(CCCCc4ccccc4OCCN(CC)C3=O)C2)CC1. The van der Waals surface area contributed by atoms with Gasteiger partial charge in [-0.2, -0.15) is 0 Å². The number of carbonyl (C=O) groups is 2. The molecule has 3 aliphatic heterocycles. The highest BCUT2D eigenvalue weighted by atomic mass is 16.5. The van der Waals surface area contributed by atoms with Crippen LogP contribution in [0.15, 0.2) is 24.3 Å². The molecular weight excluding hydrogens is 444 g/mol. The molecule has 0 radical (unpaired) electrons. The van der Waals surface area contributed by atoms with E-state index in [-0.39, 0.29) is 11.8 Å². The zero-order chi connectivity index (χ0) is 24.7. The highest BCUT2D eigenvalue weighted by Crippen LogP contribution is 2.29. The van der Waals surface area contributed by atoms with Gasteiger partial charge in [0, 0.05) is 39.3 Å². The summed E-state index contributed by atoms with van der Waals surface area (Å²) in [5.74, 6) is 1.01. The number of likely N-dealkylation sites (N-methyl/N-ethyl adjacent to an activating group) is 2. The lowest BCUT2D eigenvalue weighted by molar-refractivity contribution is -0.176. The number of aryl methyl sites for hydroxylation is 1. The second-order valence-corrected chi connectivity index (χ2v) is 9.92. The first-order valence-electron chi connectivity index (χ1n) is 13.4. The van der Waals surface area contributed by atoms with Gasteiger partial charge >= 0.3 is 0 Å². The number of rotatable bonds is 4. The maximum Gasteiger partial charge on any atom is 0.256 e. The monoisotopic (exact) mass is 486 g/mol. The van der Waals surface area contributed by atoms with Crippen molar-refractivity contribution >= 4 is 11.8 Å². The summed E-state index contributed by atoms with van der Waals surface area (Å²) in [6.07, 6.45) is 3.34. The molecule has 2 amide bonds. The molecule has 1 aromatic rings. The normalized spacial score (nSPS) is 25.5. The van der Waals surface area contributed by atoms with Crippen LogP contribution in [0.25, 0.3) is 0 Å². The number of hydrogen-bond acceptors (Lipinski definition) is 6. The van der Waals surface area contributed by atoms with Crippen molar-refractivity contribution in [3.05, 3.63) is 29.8 Å². The molecule has 1 aromatic carbocycles. The molecule has 4 rings (SSSR count). The van der Waals surface area contributed by atoms with E-state index in [1.165, 1.54) is 5.56 Å². The summed E-state index contributed by atoms with van der Waals surface area (Å²) in [4.78, 5) is 35.5. The summed E-state index contributed by atoms with van der Waals surface area (Å²) in [6, 6.07) is 8.18. The standard InChI is InChI=1S/C27H42N4O4/c1-3-28-13-15-29(16-14-28)21-25(32)31-18-20-35-27(22-31)12-8-7-10-23-9-5-6-11-24(23)34-19-17-30(4-2)26(27)33/h5-6,9,11H,3-4,7-8,10,12-22H2,1-2H3. The fourth-order valence-corrected chi connectivity index (χ4v) is 5.47. The lowest BCUT2D eigenvalue weighted by atomic mass is 9.91. The van der Waals surface area contributed by atoms with Crippen LogP contribution in [-0.4, -0.2) is 116 Å². The Morgan fingerprint density at radius 1 is 0.943 bits per heavy atom. The molecule has 8 nitrogen and oxygen atoms in total. The molecule has 1 unspecified atom stereocenters. The zero-order valence-corrected chi connectivity index (χ0v) is 21.5. The third kappa shape index (κ3) is 6.35. The van der Waals surface area contributed by atoms with Crippen molar-refractivity contribution in [3.8, 4) is 5.75 Å². The molecule has 8 heteroatoms. The van der Waals surface area contributed by atoms with Crippen LogP contribution in [0.4, 0.5) is 0 Å². The van der Waals surface area contributed by atoms with Gasteiger partial charge in [0.05, 0.1) is 26.2 Å². The maximum absolute atomic E-state index is 13.8. The predicted octanol–water partition coefficient (Wildman–Crippen LogP) is 1.88. The Morgan fingerprint density at radius 3 is 2.49 bits per heavy atom. The average molecular weight is 487 g/mol. The number of benzene rings is 1. The average Bonchev–Trinajstić information content (AvgIpc) is 2.89. The smallest absolute Gasteiger partial charge is 0.256 e. The first-order valence-corrected chi connectivity index (χ1v) is 13.4. The van der Waals surface area contributed by atoms with Crippen LogP contribution >= 0.6 is 0 Å². The molecule has 0 saturated carbocycles. The number of carbonyl (C=O) groups excluding carboxylic acids is 2. The van der Waals surface area contributed by atoms with Crippen molar-refractivity contribution in [3.63, 3.8) is 0 Å². The lowest BCUT2D eigenvalue weighted by Crippen LogP contribution is -2.63. The van der Waals surface area contributed by atoms with Crippen molar-refractivity contribution in [2.45, 2.75) is 45.1 Å². The highest BCUT2D eigenvalue weighted by Gasteiger charge is 2.46. The van der Waals surface area contributed by atoms with Crippen LogP contribution in [0.1, 0.15) is 38.7 Å². The van der Waals surface area contributed by atoms with E-state index in [4.69, 9.17) is 9.47 Å². The molecule has 3 aliphatic rings. The van der Waals surface area contributed by atoms with Gasteiger partial charge in [-0.05, 0) is 50.8 Å². The molecule has 35 heavy (non-hydrogen) atoms. The number of fused-ring (bicyclic) bond motifs is 1. The molecule has 1 atom stereocenters. The van der Waals surface area contributed by atoms with Gasteiger partial charge in [-0.15, -0.1) is 0 Å². The summed E-state index contributed by atoms with van der Waals surface area (Å²) >= 11 is 0. The van der Waals surface area contributed by atoms with Crippen molar-refractivity contribution in [1.82, 2.24) is 19.6 Å². The third-order valence-electron chi connectivity index (χ3n) is 7.74. The summed E-state index contributed by atoms with van der Waals surface area (Å²) < 4.78 is 12.3. The number of morpholine rings is 1. The van der Waals surface area contributed by atoms with Gasteiger partial charge in [0.2, 0.25) is 5.91 Å². The van der Waals surface area contributed by atoms with Gasteiger partial charge in [0.25, 0.3) is 5.91 Å². The molecule has 2 saturated heterocycles. The highest BCUT2D eigenvalue weighted by molar-refractivity contribution is 5.87. The summed E-state index contributed by atoms with van der Waals surface area (Å²) in [6.45, 7) is 12.3. The van der Waals surface area contributed by atoms with Gasteiger partial charge in [-0.3, -0.25) is 14.5 Å². The fraction of sp³-hybridized carbons (Fsp3) is 0.704. The van der Waals surface area contributed by atoms with Crippen LogP contribution in [0.3, 0.4) is 0 Å². The van der Waals surface area contributed by atoms with Gasteiger partial charge in [0.15, 0.2) is 5.60 Å². The van der Waals surface area contributed by atoms with E-state index in [0.29, 0.717) is 52.4 Å². The van der Waals surface area contributed by atoms with Crippen molar-refractivity contribution in [2.24, 2.45) is 0 Å². The Balaban J connectivity index is 1.45. The molecular formula is C27H42N4O4. The van der Waals surface area contributed by atoms with E-state index in [9.17, 15) is 9.59 Å². The zero-order valence-electron chi connectivity index (χ0n) is 21.5. The second-order valence-electron chi connectivity index (χ2n) is 9.92. The molecule has 2 fully saturated rings. The van der Waals surface area contributed by atoms with Crippen molar-refractivity contribution < 1.29 is 19.1 Å². The van der Waals surface area contributed by atoms with Crippen LogP contribution in [-0.2, 0) is 20.7 Å². The largest absolute Gasteiger partial charge is 0.491 e. The molecule has 0 aromatic heterocycles. The topological polar surface area (TPSA) is 65.6 Å². The molecule has 0 N–H and O–H groups in total. The van der Waals surface area contributed by atoms with Crippen molar-refractivity contribution in [2.75, 3.05) is 78.7 Å². The predicted molar refractivity (Wildman–Crippen MR) is 136 cm³/mol. The Kier molecular flexibility index (Phi) is 9.03. The lowest BCUT2D eigenvalue weighted by Gasteiger charge is -2.44. The fourth-order valence-electron chi connectivity index (χ4n) is 5.47. The maximum atomic E-state index is 13.8. The molecule has 0 bridgehead atoms. The summed E-state index contributed by atoms with van der Waals surface area (Å²) in [5.41, 5.74) is 0.241. The minimum Gasteiger partial charge on any atom is -0.491 e. The van der Waals surface area contributed by atoms with E-state index < -0.39 is 5.60 Å². The second kappa shape index (κ2) is 12.2. The van der Waals surface area contributed by atoms with E-state index in [1.54, 1.807) is 0 Å². The van der Waals surface area contributed by atoms with E-state index in [1.807, 2.05) is 34.9 Å². The summed E-state index contributed by atoms with van der Waals surface area (Å²) in [5, 5.41) is 0. The Morgan fingerprint density at radius 2 is 1.71 bits per heavy atom. The van der Waals surface area contributed by atoms with Gasteiger partial charge in [-0.1, -0.05) is 25.1 Å². The van der Waals surface area contributed by atoms with E-state index >= 15 is 0 Å². The summed E-state index contributed by atoms with van der Waals surface area (Å²) in [7, 11) is 0. The number of piperazine rings is 1. The number of nitrogens with zero attached hydrogens (tertiary/aromatic N) is 4. The Bertz CT molecular complexity index is 857. The first-order chi connectivity index (χ1) is 17.0. The van der Waals surface area contributed by atoms with Gasteiger partial charge in [-0.25, -0.2) is 0 Å². The van der Waals surface area contributed by atoms with Crippen LogP contribution in [0.5, 0.6) is 5.75 Å². The number of ether oxygens (including phenoxy) is 2. The third-order valence-corrected chi connectivity index (χ3v) is 7.74. The minimum atomic E-state index is -0.969. The molecule has 1 spiro atoms. The Hall–Kier alpha value is -2.16. The van der Waals surface area contributed by atoms with Crippen LogP contribution in [0, 0.1) is 0 Å². The van der Waals surface area contributed by atoms with Gasteiger partial charge < -0.3 is 24.2 Å². The van der Waals surface area contributed by atoms with Crippen molar-refractivity contribution in [1.29, 1.82) is 0 Å². The van der Waals surface area contributed by atoms with E-state index in [0.717, 1.165) is 57.7 Å². The minimum absolute atomic E-state index is 0.00785. The van der Waals surface area contributed by atoms with Crippen LogP contribution < -0.4 is 4.74 Å². The molecule has 3 heterocycles. The first kappa shape index (κ1) is 25.9. The quantitative estimate of drug-likeness (QED) is 0.648. The molecule has 0 aliphatic carbocycles. The molecule has 194 valence electrons.